The molecule has 608 valence electrons. The molecule has 0 saturated heterocycles. The number of aliphatic hydroxyl groups excluding tert-OH is 3. The van der Waals surface area contributed by atoms with Gasteiger partial charge in [-0.25, -0.2) is 4.79 Å². The number of rotatable bonds is 46. The van der Waals surface area contributed by atoms with Crippen LogP contribution in [0.1, 0.15) is 95.4 Å². The van der Waals surface area contributed by atoms with Gasteiger partial charge in [0, 0.05) is 42.9 Å². The van der Waals surface area contributed by atoms with Crippen molar-refractivity contribution >= 4 is 99.7 Å². The normalized spacial score (nSPS) is 14.7. The number of benzene rings is 4. The molecule has 4 aromatic carbocycles. The van der Waals surface area contributed by atoms with Crippen LogP contribution in [0.4, 0.5) is 0 Å². The number of phenols is 2. The molecular formula is C74H100N16O22. The Bertz CT molecular complexity index is 4090. The van der Waals surface area contributed by atoms with Crippen LogP contribution in [0.5, 0.6) is 11.5 Å². The van der Waals surface area contributed by atoms with Gasteiger partial charge in [-0.05, 0) is 103 Å². The monoisotopic (exact) mass is 1560 g/mol. The maximum Gasteiger partial charge on any atom is 0.326 e. The molecular weight excluding hydrogens is 1460 g/mol. The average molecular weight is 1570 g/mol. The Balaban J connectivity index is 1.43. The smallest absolute Gasteiger partial charge is 0.326 e. The van der Waals surface area contributed by atoms with Crippen molar-refractivity contribution in [2.75, 3.05) is 19.8 Å². The minimum absolute atomic E-state index is 0.0238. The molecule has 0 radical (unpaired) electrons. The number of hydrogen-bond donors (Lipinski definition) is 24. The summed E-state index contributed by atoms with van der Waals surface area (Å²) in [6, 6.07) is 5.17. The van der Waals surface area contributed by atoms with Crippen LogP contribution in [0.3, 0.4) is 0 Å². The fourth-order valence-corrected chi connectivity index (χ4v) is 11.6. The van der Waals surface area contributed by atoms with Gasteiger partial charge in [-0.2, -0.15) is 0 Å². The van der Waals surface area contributed by atoms with Gasteiger partial charge in [-0.3, -0.25) is 67.7 Å². The average Bonchev–Trinajstić information content (AvgIpc) is 1.62. The number of aromatic nitrogens is 1. The number of H-pyrrole nitrogens is 1. The second-order valence-corrected chi connectivity index (χ2v) is 27.6. The van der Waals surface area contributed by atoms with Gasteiger partial charge in [0.25, 0.3) is 0 Å². The number of carbonyl (C=O) groups excluding carboxylic acids is 11. The summed E-state index contributed by atoms with van der Waals surface area (Å²) >= 11 is 0. The summed E-state index contributed by atoms with van der Waals surface area (Å²) in [5.74, 6) is -19.2. The van der Waals surface area contributed by atoms with Crippen LogP contribution in [0, 0.1) is 17.2 Å². The zero-order chi connectivity index (χ0) is 83.1. The number of fused-ring (bicyclic) bond motifs is 1. The Kier molecular flexibility index (Phi) is 35.8. The third kappa shape index (κ3) is 29.9. The lowest BCUT2D eigenvalue weighted by Crippen LogP contribution is -2.62. The second-order valence-electron chi connectivity index (χ2n) is 27.6. The van der Waals surface area contributed by atoms with Crippen molar-refractivity contribution in [3.8, 4) is 11.5 Å². The SMILES string of the molecule is CC(C)CC(NC(=O)C(Cc1c[nH]c2ccccc12)NC(=O)C(CCCNC(=N)N)NC(=O)C(Cc1ccc(O)cc1)NC(=O)C(CC(C)C)NC(=O)C(NC(=O)C(CO)NC(=O)C(N)Cc1ccc(O)cc1)C(C)O)C(=O)NC(CC(=O)O)C(=O)NC(CC(=O)O)C(=O)NC(CO)C(=O)NC(Cc1ccccc1)C(=O)O. The molecule has 1 aromatic heterocycles. The molecule has 38 nitrogen and oxygen atoms in total. The molecule has 0 saturated carbocycles. The van der Waals surface area contributed by atoms with Crippen LogP contribution < -0.4 is 75.3 Å². The maximum atomic E-state index is 15.1. The van der Waals surface area contributed by atoms with Gasteiger partial charge in [-0.15, -0.1) is 0 Å². The number of aromatic hydroxyl groups is 2. The van der Waals surface area contributed by atoms with E-state index in [2.05, 4.69) is 68.8 Å². The Morgan fingerprint density at radius 1 is 0.429 bits per heavy atom. The highest BCUT2D eigenvalue weighted by molar-refractivity contribution is 6.01. The van der Waals surface area contributed by atoms with Crippen LogP contribution >= 0.6 is 0 Å². The lowest BCUT2D eigenvalue weighted by Gasteiger charge is -2.29. The standard InChI is InChI=1S/C74H100N16O22/c1-37(2)26-50(64(102)84-54(32-59(96)97)68(106)85-55(33-60(98)99)69(107)89-57(35-91)70(108)87-56(73(111)112)30-40-12-7-6-8-13-40)81-67(105)53(31-43-34-79-48-15-10-9-14-46(43)48)83-63(101)49(16-11-25-78-74(76)77)80-66(104)52(29-42-19-23-45(95)24-20-42)82-65(103)51(27-38(3)4)86-72(110)61(39(5)93)90-71(109)58(36-92)88-62(100)47(75)28-41-17-21-44(94)22-18-41/h6-10,12-15,17-24,34,37-39,47,49-58,61,79,91-95H,11,16,25-33,35-36,75H2,1-5H3,(H,80,104)(H,81,105)(H,82,103)(H,83,101)(H,84,102)(H,85,106)(H,86,110)(H,87,108)(H,88,100)(H,89,107)(H,90,109)(H,96,97)(H,98,99)(H,111,112)(H4,76,77,78). The van der Waals surface area contributed by atoms with E-state index in [-0.39, 0.29) is 75.3 Å². The first-order chi connectivity index (χ1) is 52.9. The molecule has 38 heteroatoms. The molecule has 112 heavy (non-hydrogen) atoms. The van der Waals surface area contributed by atoms with Gasteiger partial charge in [0.15, 0.2) is 5.96 Å². The van der Waals surface area contributed by atoms with E-state index in [0.29, 0.717) is 33.2 Å². The molecule has 0 fully saturated rings. The van der Waals surface area contributed by atoms with E-state index in [1.165, 1.54) is 54.7 Å². The van der Waals surface area contributed by atoms with Crippen LogP contribution in [0.25, 0.3) is 10.9 Å². The zero-order valence-corrected chi connectivity index (χ0v) is 62.2. The fraction of sp³-hybridized carbons (Fsp3) is 0.446. The highest BCUT2D eigenvalue weighted by atomic mass is 16.4. The molecule has 11 amide bonds. The number of amides is 11. The number of aliphatic hydroxyl groups is 3. The lowest BCUT2D eigenvalue weighted by atomic mass is 9.99. The molecule has 5 aromatic rings. The number of para-hydroxylation sites is 1. The summed E-state index contributed by atoms with van der Waals surface area (Å²) in [7, 11) is 0. The number of aliphatic carboxylic acids is 3. The predicted octanol–water partition coefficient (Wildman–Crippen LogP) is -3.74. The number of aromatic amines is 1. The Morgan fingerprint density at radius 3 is 1.29 bits per heavy atom. The van der Waals surface area contributed by atoms with E-state index in [1.807, 2.05) is 0 Å². The molecule has 13 atom stereocenters. The van der Waals surface area contributed by atoms with E-state index in [0.717, 1.165) is 6.92 Å². The number of carboxylic acids is 3. The van der Waals surface area contributed by atoms with Gasteiger partial charge in [-0.1, -0.05) is 100 Å². The van der Waals surface area contributed by atoms with Gasteiger partial charge in [0.1, 0.15) is 78.0 Å². The molecule has 0 aliphatic heterocycles. The molecule has 26 N–H and O–H groups in total. The minimum Gasteiger partial charge on any atom is -0.508 e. The highest BCUT2D eigenvalue weighted by Gasteiger charge is 2.39. The van der Waals surface area contributed by atoms with Gasteiger partial charge in [0.2, 0.25) is 65.0 Å². The van der Waals surface area contributed by atoms with E-state index < -0.39 is 199 Å². The molecule has 1 heterocycles. The summed E-state index contributed by atoms with van der Waals surface area (Å²) < 4.78 is 0. The van der Waals surface area contributed by atoms with Crippen molar-refractivity contribution in [1.29, 1.82) is 5.41 Å². The van der Waals surface area contributed by atoms with E-state index in [4.69, 9.17) is 16.9 Å². The molecule has 13 unspecified atom stereocenters. The summed E-state index contributed by atoms with van der Waals surface area (Å²) in [5.41, 5.74) is 14.0. The van der Waals surface area contributed by atoms with Crippen molar-refractivity contribution in [2.45, 2.75) is 177 Å². The number of nitrogens with one attached hydrogen (secondary N) is 14. The second kappa shape index (κ2) is 44.4. The number of carbonyl (C=O) groups is 14. The first kappa shape index (κ1) is 90.3. The first-order valence-corrected chi connectivity index (χ1v) is 35.8. The quantitative estimate of drug-likeness (QED) is 0.0101. The van der Waals surface area contributed by atoms with Crippen LogP contribution in [-0.4, -0.2) is 233 Å². The number of phenolic OH excluding ortho intramolecular Hbond substituents is 2. The third-order valence-electron chi connectivity index (χ3n) is 17.4. The largest absolute Gasteiger partial charge is 0.508 e. The zero-order valence-electron chi connectivity index (χ0n) is 62.2. The van der Waals surface area contributed by atoms with Crippen molar-refractivity contribution in [2.24, 2.45) is 23.3 Å². The number of hydrogen-bond acceptors (Lipinski definition) is 21. The summed E-state index contributed by atoms with van der Waals surface area (Å²) in [5, 5.41) is 118. The van der Waals surface area contributed by atoms with Crippen LogP contribution in [0.2, 0.25) is 0 Å². The first-order valence-electron chi connectivity index (χ1n) is 35.8. The minimum atomic E-state index is -2.15. The fourth-order valence-electron chi connectivity index (χ4n) is 11.6. The van der Waals surface area contributed by atoms with Crippen LogP contribution in [-0.2, 0) is 92.8 Å². The lowest BCUT2D eigenvalue weighted by molar-refractivity contribution is -0.144. The molecule has 0 aliphatic carbocycles. The van der Waals surface area contributed by atoms with E-state index in [1.54, 1.807) is 82.3 Å². The van der Waals surface area contributed by atoms with Gasteiger partial charge in [0.05, 0.1) is 38.2 Å². The van der Waals surface area contributed by atoms with Gasteiger partial charge >= 0.3 is 17.9 Å². The molecule has 0 aliphatic rings. The van der Waals surface area contributed by atoms with Crippen molar-refractivity contribution < 1.29 is 108 Å². The third-order valence-corrected chi connectivity index (χ3v) is 17.4. The van der Waals surface area contributed by atoms with Gasteiger partial charge < -0.3 is 121 Å². The van der Waals surface area contributed by atoms with E-state index in [9.17, 15) is 93.6 Å². The highest BCUT2D eigenvalue weighted by Crippen LogP contribution is 2.21. The van der Waals surface area contributed by atoms with Crippen molar-refractivity contribution in [3.05, 3.63) is 132 Å². The topological polar surface area (TPSA) is 637 Å². The van der Waals surface area contributed by atoms with E-state index >= 15 is 14.4 Å². The maximum absolute atomic E-state index is 15.1. The predicted molar refractivity (Wildman–Crippen MR) is 401 cm³/mol. The Morgan fingerprint density at radius 2 is 0.804 bits per heavy atom. The Labute approximate surface area is 643 Å². The summed E-state index contributed by atoms with van der Waals surface area (Å²) in [4.78, 5) is 196. The Hall–Kier alpha value is -12.3. The molecule has 0 bridgehead atoms. The molecule has 5 rings (SSSR count). The van der Waals surface area contributed by atoms with Crippen LogP contribution in [0.15, 0.2) is 109 Å². The number of nitrogens with two attached hydrogens (primary N) is 2. The number of guanidine groups is 1. The summed E-state index contributed by atoms with van der Waals surface area (Å²) in [6.07, 6.45) is -4.32. The number of carboxylic acid groups (broad SMARTS) is 3. The van der Waals surface area contributed by atoms with Crippen molar-refractivity contribution in [1.82, 2.24) is 68.8 Å². The molecule has 0 spiro atoms. The summed E-state index contributed by atoms with van der Waals surface area (Å²) in [6.45, 7) is 5.53. The van der Waals surface area contributed by atoms with Crippen molar-refractivity contribution in [3.63, 3.8) is 0 Å².